The average Bonchev–Trinajstić information content (AvgIpc) is 2.55. The van der Waals surface area contributed by atoms with Crippen LogP contribution in [0.2, 0.25) is 0 Å². The van der Waals surface area contributed by atoms with Gasteiger partial charge in [-0.25, -0.2) is 8.42 Å². The lowest BCUT2D eigenvalue weighted by Gasteiger charge is -2.17. The molecule has 0 radical (unpaired) electrons. The van der Waals surface area contributed by atoms with Gasteiger partial charge in [0.15, 0.2) is 5.96 Å². The molecule has 0 aliphatic rings. The molecule has 1 aromatic rings. The van der Waals surface area contributed by atoms with Gasteiger partial charge in [0.1, 0.15) is 15.6 Å². The standard InChI is InChI=1S/C17H29N3O3S/c1-14(10-12-24(4,21)22)20-17(18-2)19-11-6-8-15-7-5-9-16(13-15)23-3/h5,7,9,13-14H,6,8,10-12H2,1-4H3,(H2,18,19,20). The molecule has 0 fully saturated rings. The van der Waals surface area contributed by atoms with Crippen molar-refractivity contribution in [1.82, 2.24) is 10.6 Å². The number of nitrogens with one attached hydrogen (secondary N) is 2. The Kier molecular flexibility index (Phi) is 8.60. The number of hydrogen-bond donors (Lipinski definition) is 2. The number of ether oxygens (including phenoxy) is 1. The van der Waals surface area contributed by atoms with Crippen molar-refractivity contribution in [3.05, 3.63) is 29.8 Å². The molecular formula is C17H29N3O3S. The van der Waals surface area contributed by atoms with Crippen LogP contribution in [0.25, 0.3) is 0 Å². The van der Waals surface area contributed by atoms with Crippen LogP contribution in [-0.2, 0) is 16.3 Å². The number of sulfone groups is 1. The largest absolute Gasteiger partial charge is 0.497 e. The van der Waals surface area contributed by atoms with Gasteiger partial charge in [0, 0.05) is 25.9 Å². The summed E-state index contributed by atoms with van der Waals surface area (Å²) in [5.41, 5.74) is 1.24. The van der Waals surface area contributed by atoms with Gasteiger partial charge in [-0.2, -0.15) is 0 Å². The van der Waals surface area contributed by atoms with E-state index in [0.717, 1.165) is 25.1 Å². The molecule has 1 unspecified atom stereocenters. The molecule has 0 saturated heterocycles. The maximum atomic E-state index is 11.2. The molecule has 7 heteroatoms. The molecule has 0 amide bonds. The van der Waals surface area contributed by atoms with Crippen LogP contribution in [0.4, 0.5) is 0 Å². The van der Waals surface area contributed by atoms with Crippen molar-refractivity contribution < 1.29 is 13.2 Å². The minimum absolute atomic E-state index is 0.0457. The second-order valence-electron chi connectivity index (χ2n) is 5.92. The summed E-state index contributed by atoms with van der Waals surface area (Å²) in [6.45, 7) is 2.74. The van der Waals surface area contributed by atoms with Gasteiger partial charge in [-0.15, -0.1) is 0 Å². The highest BCUT2D eigenvalue weighted by Gasteiger charge is 2.09. The highest BCUT2D eigenvalue weighted by molar-refractivity contribution is 7.90. The molecule has 0 saturated carbocycles. The van der Waals surface area contributed by atoms with E-state index in [0.29, 0.717) is 12.4 Å². The fraction of sp³-hybridized carbons (Fsp3) is 0.588. The minimum Gasteiger partial charge on any atom is -0.497 e. The lowest BCUT2D eigenvalue weighted by atomic mass is 10.1. The fourth-order valence-corrected chi connectivity index (χ4v) is 3.00. The van der Waals surface area contributed by atoms with Gasteiger partial charge >= 0.3 is 0 Å². The van der Waals surface area contributed by atoms with Crippen molar-refractivity contribution in [3.63, 3.8) is 0 Å². The van der Waals surface area contributed by atoms with Crippen LogP contribution in [0.1, 0.15) is 25.3 Å². The fourth-order valence-electron chi connectivity index (χ4n) is 2.22. The summed E-state index contributed by atoms with van der Waals surface area (Å²) in [7, 11) is 0.447. The third kappa shape index (κ3) is 8.76. The highest BCUT2D eigenvalue weighted by Crippen LogP contribution is 2.13. The van der Waals surface area contributed by atoms with E-state index in [9.17, 15) is 8.42 Å². The number of aliphatic imine (C=N–C) groups is 1. The maximum absolute atomic E-state index is 11.2. The SMILES string of the molecule is CN=C(NCCCc1cccc(OC)c1)NC(C)CCS(C)(=O)=O. The maximum Gasteiger partial charge on any atom is 0.191 e. The Morgan fingerprint density at radius 3 is 2.75 bits per heavy atom. The number of rotatable bonds is 9. The number of methoxy groups -OCH3 is 1. The van der Waals surface area contributed by atoms with Crippen LogP contribution in [0, 0.1) is 0 Å². The van der Waals surface area contributed by atoms with E-state index in [1.54, 1.807) is 14.2 Å². The van der Waals surface area contributed by atoms with Crippen LogP contribution in [-0.4, -0.2) is 53.1 Å². The lowest BCUT2D eigenvalue weighted by molar-refractivity contribution is 0.414. The Morgan fingerprint density at radius 1 is 1.38 bits per heavy atom. The minimum atomic E-state index is -2.93. The molecular weight excluding hydrogens is 326 g/mol. The monoisotopic (exact) mass is 355 g/mol. The summed E-state index contributed by atoms with van der Waals surface area (Å²) in [4.78, 5) is 4.17. The molecule has 0 aliphatic heterocycles. The van der Waals surface area contributed by atoms with Gasteiger partial charge in [0.25, 0.3) is 0 Å². The van der Waals surface area contributed by atoms with Crippen LogP contribution in [0.3, 0.4) is 0 Å². The van der Waals surface area contributed by atoms with Gasteiger partial charge < -0.3 is 15.4 Å². The van der Waals surface area contributed by atoms with Crippen molar-refractivity contribution in [2.24, 2.45) is 4.99 Å². The molecule has 24 heavy (non-hydrogen) atoms. The van der Waals surface area contributed by atoms with Crippen LogP contribution in [0.15, 0.2) is 29.3 Å². The third-order valence-corrected chi connectivity index (χ3v) is 4.57. The van der Waals surface area contributed by atoms with E-state index in [2.05, 4.69) is 21.7 Å². The number of nitrogens with zero attached hydrogens (tertiary/aromatic N) is 1. The van der Waals surface area contributed by atoms with Crippen LogP contribution >= 0.6 is 0 Å². The van der Waals surface area contributed by atoms with Crippen molar-refractivity contribution >= 4 is 15.8 Å². The molecule has 0 aliphatic carbocycles. The van der Waals surface area contributed by atoms with Crippen molar-refractivity contribution in [2.45, 2.75) is 32.2 Å². The predicted molar refractivity (Wildman–Crippen MR) is 99.6 cm³/mol. The van der Waals surface area contributed by atoms with Crippen LogP contribution in [0.5, 0.6) is 5.75 Å². The molecule has 0 heterocycles. The Labute approximate surface area is 145 Å². The average molecular weight is 356 g/mol. The second-order valence-corrected chi connectivity index (χ2v) is 8.18. The second kappa shape index (κ2) is 10.2. The number of aryl methyl sites for hydroxylation is 1. The summed E-state index contributed by atoms with van der Waals surface area (Å²) >= 11 is 0. The molecule has 136 valence electrons. The summed E-state index contributed by atoms with van der Waals surface area (Å²) in [5.74, 6) is 1.74. The first-order chi connectivity index (χ1) is 11.3. The Hall–Kier alpha value is -1.76. The first kappa shape index (κ1) is 20.3. The zero-order valence-electron chi connectivity index (χ0n) is 15.0. The highest BCUT2D eigenvalue weighted by atomic mass is 32.2. The zero-order valence-corrected chi connectivity index (χ0v) is 15.8. The molecule has 1 rings (SSSR count). The number of guanidine groups is 1. The normalized spacial score (nSPS) is 13.4. The predicted octanol–water partition coefficient (Wildman–Crippen LogP) is 1.62. The van der Waals surface area contributed by atoms with E-state index in [-0.39, 0.29) is 11.8 Å². The van der Waals surface area contributed by atoms with E-state index in [4.69, 9.17) is 4.74 Å². The van der Waals surface area contributed by atoms with E-state index in [1.165, 1.54) is 11.8 Å². The topological polar surface area (TPSA) is 79.8 Å². The molecule has 1 aromatic carbocycles. The first-order valence-corrected chi connectivity index (χ1v) is 10.2. The molecule has 0 spiro atoms. The Balaban J connectivity index is 2.31. The zero-order chi connectivity index (χ0) is 18.0. The van der Waals surface area contributed by atoms with E-state index < -0.39 is 9.84 Å². The van der Waals surface area contributed by atoms with Gasteiger partial charge in [0.2, 0.25) is 0 Å². The molecule has 1 atom stereocenters. The molecule has 2 N–H and O–H groups in total. The summed E-state index contributed by atoms with van der Waals surface area (Å²) < 4.78 is 27.6. The third-order valence-electron chi connectivity index (χ3n) is 3.60. The molecule has 0 aromatic heterocycles. The number of hydrogen-bond acceptors (Lipinski definition) is 4. The van der Waals surface area contributed by atoms with Gasteiger partial charge in [0.05, 0.1) is 12.9 Å². The summed E-state index contributed by atoms with van der Waals surface area (Å²) in [5, 5.41) is 6.47. The quantitative estimate of drug-likeness (QED) is 0.400. The van der Waals surface area contributed by atoms with Crippen molar-refractivity contribution in [1.29, 1.82) is 0 Å². The Bertz CT molecular complexity index is 630. The smallest absolute Gasteiger partial charge is 0.191 e. The summed E-state index contributed by atoms with van der Waals surface area (Å²) in [6, 6.07) is 8.10. The first-order valence-electron chi connectivity index (χ1n) is 8.12. The van der Waals surface area contributed by atoms with Crippen molar-refractivity contribution in [2.75, 3.05) is 32.7 Å². The van der Waals surface area contributed by atoms with Gasteiger partial charge in [-0.1, -0.05) is 12.1 Å². The molecule has 0 bridgehead atoms. The van der Waals surface area contributed by atoms with Crippen molar-refractivity contribution in [3.8, 4) is 5.75 Å². The van der Waals surface area contributed by atoms with Crippen LogP contribution < -0.4 is 15.4 Å². The summed E-state index contributed by atoms with van der Waals surface area (Å²) in [6.07, 6.45) is 3.73. The van der Waals surface area contributed by atoms with Gasteiger partial charge in [-0.3, -0.25) is 4.99 Å². The Morgan fingerprint density at radius 2 is 2.12 bits per heavy atom. The lowest BCUT2D eigenvalue weighted by Crippen LogP contribution is -2.43. The van der Waals surface area contributed by atoms with E-state index >= 15 is 0 Å². The van der Waals surface area contributed by atoms with Gasteiger partial charge in [-0.05, 0) is 43.9 Å². The molecule has 6 nitrogen and oxygen atoms in total. The number of benzene rings is 1. The van der Waals surface area contributed by atoms with E-state index in [1.807, 2.05) is 25.1 Å².